The van der Waals surface area contributed by atoms with Crippen LogP contribution in [0.1, 0.15) is 24.0 Å². The van der Waals surface area contributed by atoms with Gasteiger partial charge in [0, 0.05) is 35.8 Å². The number of amides is 1. The summed E-state index contributed by atoms with van der Waals surface area (Å²) in [4.78, 5) is 15.7. The minimum atomic E-state index is -1.30. The number of carbonyl (C=O) groups excluding carboxylic acids is 1. The molecule has 2 N–H and O–H groups in total. The number of hydrogen-bond acceptors (Lipinski definition) is 5. The van der Waals surface area contributed by atoms with E-state index in [-0.39, 0.29) is 12.5 Å². The monoisotopic (exact) mass is 425 g/mol. The van der Waals surface area contributed by atoms with E-state index in [0.717, 1.165) is 28.3 Å². The van der Waals surface area contributed by atoms with E-state index in [9.17, 15) is 14.1 Å². The van der Waals surface area contributed by atoms with Crippen LogP contribution < -0.4 is 10.1 Å². The van der Waals surface area contributed by atoms with Crippen LogP contribution >= 0.6 is 0 Å². The minimum Gasteiger partial charge on any atom is -0.494 e. The van der Waals surface area contributed by atoms with E-state index < -0.39 is 10.8 Å². The Morgan fingerprint density at radius 2 is 2.07 bits per heavy atom. The fourth-order valence-corrected chi connectivity index (χ4v) is 4.56. The maximum Gasteiger partial charge on any atom is 0.224 e. The molecule has 0 fully saturated rings. The van der Waals surface area contributed by atoms with Crippen molar-refractivity contribution in [3.8, 4) is 11.4 Å². The van der Waals surface area contributed by atoms with Crippen LogP contribution in [0.2, 0.25) is 0 Å². The molecule has 0 saturated carbocycles. The summed E-state index contributed by atoms with van der Waals surface area (Å²) < 4.78 is 20.4. The zero-order valence-electron chi connectivity index (χ0n) is 16.4. The Kier molecular flexibility index (Phi) is 6.25. The average molecular weight is 426 g/mol. The highest BCUT2D eigenvalue weighted by Gasteiger charge is 2.16. The number of rotatable bonds is 8. The number of aryl methyl sites for hydroxylation is 1. The fourth-order valence-electron chi connectivity index (χ4n) is 3.44. The number of anilines is 1. The molecule has 7 nitrogen and oxygen atoms in total. The quantitative estimate of drug-likeness (QED) is 0.542. The van der Waals surface area contributed by atoms with Gasteiger partial charge in [0.25, 0.3) is 0 Å². The predicted molar refractivity (Wildman–Crippen MR) is 114 cm³/mol. The van der Waals surface area contributed by atoms with Crippen molar-refractivity contribution in [3.63, 3.8) is 0 Å². The molecule has 1 aliphatic rings. The van der Waals surface area contributed by atoms with Gasteiger partial charge in [-0.1, -0.05) is 18.2 Å². The van der Waals surface area contributed by atoms with Gasteiger partial charge in [0.1, 0.15) is 5.75 Å². The number of ether oxygens (including phenoxy) is 1. The Morgan fingerprint density at radius 1 is 1.20 bits per heavy atom. The number of carbonyl (C=O) groups is 1. The minimum absolute atomic E-state index is 0.0404. The largest absolute Gasteiger partial charge is 0.494 e. The van der Waals surface area contributed by atoms with E-state index in [1.807, 2.05) is 42.5 Å². The van der Waals surface area contributed by atoms with Crippen molar-refractivity contribution < 1.29 is 18.8 Å². The Bertz CT molecular complexity index is 1080. The maximum absolute atomic E-state index is 12.8. The van der Waals surface area contributed by atoms with Crippen LogP contribution in [0.25, 0.3) is 5.69 Å². The van der Waals surface area contributed by atoms with Crippen molar-refractivity contribution >= 4 is 22.4 Å². The van der Waals surface area contributed by atoms with Gasteiger partial charge < -0.3 is 15.2 Å². The average Bonchev–Trinajstić information content (AvgIpc) is 3.26. The highest BCUT2D eigenvalue weighted by molar-refractivity contribution is 7.84. The van der Waals surface area contributed by atoms with Crippen LogP contribution in [0.15, 0.2) is 60.0 Å². The van der Waals surface area contributed by atoms with Crippen LogP contribution in [0.4, 0.5) is 5.69 Å². The molecule has 0 saturated heterocycles. The topological polar surface area (TPSA) is 93.5 Å². The number of aliphatic hydroxyl groups is 1. The zero-order valence-corrected chi connectivity index (χ0v) is 17.2. The van der Waals surface area contributed by atoms with Gasteiger partial charge in [0.2, 0.25) is 11.1 Å². The third-order valence-electron chi connectivity index (χ3n) is 4.95. The summed E-state index contributed by atoms with van der Waals surface area (Å²) in [7, 11) is -1.30. The predicted octanol–water partition coefficient (Wildman–Crippen LogP) is 2.83. The molecule has 1 amide bonds. The van der Waals surface area contributed by atoms with Gasteiger partial charge >= 0.3 is 0 Å². The Labute approximate surface area is 177 Å². The van der Waals surface area contributed by atoms with Gasteiger partial charge in [0.05, 0.1) is 29.7 Å². The van der Waals surface area contributed by atoms with Gasteiger partial charge in [-0.05, 0) is 42.7 Å². The number of aliphatic hydroxyl groups excluding tert-OH is 1. The molecule has 1 aliphatic heterocycles. The molecule has 0 aliphatic carbocycles. The van der Waals surface area contributed by atoms with Gasteiger partial charge in [-0.3, -0.25) is 13.6 Å². The molecule has 0 spiro atoms. The lowest BCUT2D eigenvalue weighted by Crippen LogP contribution is -2.18. The van der Waals surface area contributed by atoms with Gasteiger partial charge in [-0.15, -0.1) is 0 Å². The maximum atomic E-state index is 12.8. The molecule has 1 aromatic heterocycles. The summed E-state index contributed by atoms with van der Waals surface area (Å²) in [6.45, 7) is 0.337. The molecule has 1 atom stereocenters. The number of imidazole rings is 1. The van der Waals surface area contributed by atoms with E-state index >= 15 is 0 Å². The lowest BCUT2D eigenvalue weighted by molar-refractivity contribution is -0.116. The number of aromatic nitrogens is 2. The molecule has 1 unspecified atom stereocenters. The Morgan fingerprint density at radius 3 is 2.93 bits per heavy atom. The molecule has 8 heteroatoms. The molecule has 30 heavy (non-hydrogen) atoms. The van der Waals surface area contributed by atoms with Gasteiger partial charge in [-0.25, -0.2) is 4.98 Å². The Balaban J connectivity index is 1.34. The fraction of sp³-hybridized carbons (Fsp3) is 0.273. The number of fused-ring (bicyclic) bond motifs is 1. The van der Waals surface area contributed by atoms with Crippen LogP contribution in [0.5, 0.6) is 5.75 Å². The first-order valence-electron chi connectivity index (χ1n) is 9.82. The van der Waals surface area contributed by atoms with Crippen LogP contribution in [0.3, 0.4) is 0 Å². The zero-order chi connectivity index (χ0) is 20.9. The highest BCUT2D eigenvalue weighted by Crippen LogP contribution is 2.27. The first kappa shape index (κ1) is 20.3. The van der Waals surface area contributed by atoms with Crippen LogP contribution in [-0.4, -0.2) is 37.1 Å². The van der Waals surface area contributed by atoms with E-state index in [2.05, 4.69) is 10.3 Å². The van der Waals surface area contributed by atoms with Gasteiger partial charge in [-0.2, -0.15) is 0 Å². The summed E-state index contributed by atoms with van der Waals surface area (Å²) in [5, 5.41) is 12.9. The van der Waals surface area contributed by atoms with Crippen molar-refractivity contribution in [1.29, 1.82) is 0 Å². The molecular weight excluding hydrogens is 402 g/mol. The number of benzene rings is 2. The molecular formula is C22H23N3O4S. The molecule has 2 aromatic carbocycles. The van der Waals surface area contributed by atoms with Gasteiger partial charge in [0.15, 0.2) is 0 Å². The standard InChI is InChI=1S/C22H23N3O4S/c26-15-17-4-1-2-5-20(17)25-11-10-23-22(25)30(28)13-3-12-29-18-7-8-19-16(14-18)6-9-21(27)24-19/h1-2,4-5,7-8,10-11,14,26H,3,6,9,12-13,15H2,(H,24,27). The highest BCUT2D eigenvalue weighted by atomic mass is 32.2. The number of nitrogens with zero attached hydrogens (tertiary/aromatic N) is 2. The number of nitrogens with one attached hydrogen (secondary N) is 1. The summed E-state index contributed by atoms with van der Waals surface area (Å²) in [5.74, 6) is 1.20. The molecule has 0 radical (unpaired) electrons. The summed E-state index contributed by atoms with van der Waals surface area (Å²) in [5.41, 5.74) is 3.44. The second kappa shape index (κ2) is 9.23. The lowest BCUT2D eigenvalue weighted by atomic mass is 10.0. The van der Waals surface area contributed by atoms with Crippen molar-refractivity contribution in [2.75, 3.05) is 17.7 Å². The smallest absolute Gasteiger partial charge is 0.224 e. The van der Waals surface area contributed by atoms with E-state index in [4.69, 9.17) is 4.74 Å². The first-order valence-corrected chi connectivity index (χ1v) is 11.1. The third-order valence-corrected chi connectivity index (χ3v) is 6.32. The van der Waals surface area contributed by atoms with Crippen molar-refractivity contribution in [3.05, 3.63) is 66.0 Å². The lowest BCUT2D eigenvalue weighted by Gasteiger charge is -2.17. The van der Waals surface area contributed by atoms with Crippen molar-refractivity contribution in [2.45, 2.75) is 31.0 Å². The van der Waals surface area contributed by atoms with E-state index in [1.165, 1.54) is 0 Å². The second-order valence-corrected chi connectivity index (χ2v) is 8.45. The molecule has 3 aromatic rings. The SMILES string of the molecule is O=C1CCc2cc(OCCCS(=O)c3nccn3-c3ccccc3CO)ccc2N1. The van der Waals surface area contributed by atoms with Crippen LogP contribution in [-0.2, 0) is 28.6 Å². The molecule has 156 valence electrons. The molecule has 0 bridgehead atoms. The summed E-state index contributed by atoms with van der Waals surface area (Å²) in [6, 6.07) is 13.1. The van der Waals surface area contributed by atoms with E-state index in [0.29, 0.717) is 36.8 Å². The number of hydrogen-bond donors (Lipinski definition) is 2. The summed E-state index contributed by atoms with van der Waals surface area (Å²) in [6.07, 6.45) is 5.17. The summed E-state index contributed by atoms with van der Waals surface area (Å²) >= 11 is 0. The Hall–Kier alpha value is -2.97. The first-order chi connectivity index (χ1) is 14.7. The molecule has 2 heterocycles. The molecule has 4 rings (SSSR count). The van der Waals surface area contributed by atoms with Crippen molar-refractivity contribution in [1.82, 2.24) is 9.55 Å². The van der Waals surface area contributed by atoms with E-state index in [1.54, 1.807) is 17.0 Å². The second-order valence-electron chi connectivity index (χ2n) is 6.99. The van der Waals surface area contributed by atoms with Crippen molar-refractivity contribution in [2.24, 2.45) is 0 Å². The number of para-hydroxylation sites is 1. The normalized spacial score (nSPS) is 14.1. The third kappa shape index (κ3) is 4.44. The van der Waals surface area contributed by atoms with Crippen LogP contribution in [0, 0.1) is 0 Å².